The van der Waals surface area contributed by atoms with E-state index in [2.05, 4.69) is 22.1 Å². The van der Waals surface area contributed by atoms with Crippen molar-refractivity contribution in [2.75, 3.05) is 25.4 Å². The van der Waals surface area contributed by atoms with Gasteiger partial charge < -0.3 is 16.0 Å². The second-order valence-corrected chi connectivity index (χ2v) is 4.67. The van der Waals surface area contributed by atoms with Gasteiger partial charge in [-0.1, -0.05) is 6.92 Å². The second kappa shape index (κ2) is 9.00. The summed E-state index contributed by atoms with van der Waals surface area (Å²) in [6.45, 7) is 5.21. The molecule has 5 nitrogen and oxygen atoms in total. The maximum absolute atomic E-state index is 12.1. The van der Waals surface area contributed by atoms with Gasteiger partial charge in [0.05, 0.1) is 5.56 Å². The van der Waals surface area contributed by atoms with E-state index in [0.29, 0.717) is 11.3 Å². The van der Waals surface area contributed by atoms with Gasteiger partial charge in [0.15, 0.2) is 0 Å². The number of anilines is 1. The number of aromatic nitrogens is 1. The number of nitrogen functional groups attached to an aromatic ring is 1. The Bertz CT molecular complexity index is 431. The first kappa shape index (κ1) is 19.0. The van der Waals surface area contributed by atoms with Gasteiger partial charge in [-0.2, -0.15) is 0 Å². The summed E-state index contributed by atoms with van der Waals surface area (Å²) in [6.07, 6.45) is 5.26. The minimum atomic E-state index is -0.122. The number of halogens is 2. The molecule has 1 aliphatic rings. The molecule has 114 valence electrons. The van der Waals surface area contributed by atoms with Gasteiger partial charge in [0.1, 0.15) is 0 Å². The Morgan fingerprint density at radius 3 is 2.95 bits per heavy atom. The number of amides is 1. The van der Waals surface area contributed by atoms with Crippen molar-refractivity contribution in [3.63, 3.8) is 0 Å². The van der Waals surface area contributed by atoms with Gasteiger partial charge in [-0.15, -0.1) is 24.8 Å². The first-order valence-corrected chi connectivity index (χ1v) is 6.43. The zero-order valence-electron chi connectivity index (χ0n) is 11.5. The molecule has 20 heavy (non-hydrogen) atoms. The van der Waals surface area contributed by atoms with Gasteiger partial charge in [-0.3, -0.25) is 9.78 Å². The molecule has 1 fully saturated rings. The summed E-state index contributed by atoms with van der Waals surface area (Å²) < 4.78 is 0. The molecule has 1 unspecified atom stereocenters. The monoisotopic (exact) mass is 320 g/mol. The van der Waals surface area contributed by atoms with Crippen molar-refractivity contribution in [1.29, 1.82) is 0 Å². The highest BCUT2D eigenvalue weighted by Gasteiger charge is 2.21. The minimum Gasteiger partial charge on any atom is -0.398 e. The molecule has 1 amide bonds. The molecule has 1 aromatic rings. The number of rotatable bonds is 3. The molecule has 0 radical (unpaired) electrons. The van der Waals surface area contributed by atoms with Crippen molar-refractivity contribution in [3.05, 3.63) is 24.0 Å². The van der Waals surface area contributed by atoms with Crippen molar-refractivity contribution in [3.8, 4) is 0 Å². The molecule has 0 saturated carbocycles. The predicted octanol–water partition coefficient (Wildman–Crippen LogP) is 1.72. The molecular weight excluding hydrogens is 299 g/mol. The Morgan fingerprint density at radius 2 is 2.30 bits per heavy atom. The first-order chi connectivity index (χ1) is 8.70. The zero-order chi connectivity index (χ0) is 13.0. The van der Waals surface area contributed by atoms with Crippen LogP contribution in [0, 0.1) is 0 Å². The maximum atomic E-state index is 12.1. The lowest BCUT2D eigenvalue weighted by Crippen LogP contribution is -2.47. The van der Waals surface area contributed by atoms with Crippen LogP contribution in [0.15, 0.2) is 18.5 Å². The number of pyridine rings is 1. The highest BCUT2D eigenvalue weighted by Crippen LogP contribution is 2.12. The number of likely N-dealkylation sites (tertiary alicyclic amines) is 1. The Kier molecular flexibility index (Phi) is 8.53. The Balaban J connectivity index is 0.00000180. The smallest absolute Gasteiger partial charge is 0.255 e. The fourth-order valence-electron chi connectivity index (χ4n) is 2.32. The third-order valence-electron chi connectivity index (χ3n) is 3.39. The van der Waals surface area contributed by atoms with Crippen LogP contribution in [-0.4, -0.2) is 41.5 Å². The Hall–Kier alpha value is -1.04. The third kappa shape index (κ3) is 4.81. The van der Waals surface area contributed by atoms with E-state index in [1.165, 1.54) is 6.20 Å². The van der Waals surface area contributed by atoms with Gasteiger partial charge in [0.25, 0.3) is 5.91 Å². The number of carbonyl (C=O) groups is 1. The lowest BCUT2D eigenvalue weighted by molar-refractivity contribution is 0.0906. The number of hydrogen-bond acceptors (Lipinski definition) is 4. The van der Waals surface area contributed by atoms with Crippen LogP contribution in [0.5, 0.6) is 0 Å². The Morgan fingerprint density at radius 1 is 1.55 bits per heavy atom. The predicted molar refractivity (Wildman–Crippen MR) is 85.7 cm³/mol. The fraction of sp³-hybridized carbons (Fsp3) is 0.538. The SMILES string of the molecule is CCN1CCCC(NC(=O)c2cnccc2N)C1.Cl.Cl. The van der Waals surface area contributed by atoms with E-state index in [4.69, 9.17) is 5.73 Å². The summed E-state index contributed by atoms with van der Waals surface area (Å²) in [5, 5.41) is 3.04. The molecule has 2 heterocycles. The molecular formula is C13H22Cl2N4O. The van der Waals surface area contributed by atoms with E-state index in [9.17, 15) is 4.79 Å². The van der Waals surface area contributed by atoms with Crippen molar-refractivity contribution in [1.82, 2.24) is 15.2 Å². The third-order valence-corrected chi connectivity index (χ3v) is 3.39. The number of nitrogens with one attached hydrogen (secondary N) is 1. The highest BCUT2D eigenvalue weighted by molar-refractivity contribution is 5.98. The van der Waals surface area contributed by atoms with Gasteiger partial charge in [0.2, 0.25) is 0 Å². The molecule has 7 heteroatoms. The van der Waals surface area contributed by atoms with Gasteiger partial charge in [-0.05, 0) is 32.0 Å². The highest BCUT2D eigenvalue weighted by atomic mass is 35.5. The van der Waals surface area contributed by atoms with Crippen LogP contribution in [0.25, 0.3) is 0 Å². The summed E-state index contributed by atoms with van der Waals surface area (Å²) in [5.41, 5.74) is 6.71. The summed E-state index contributed by atoms with van der Waals surface area (Å²) in [5.74, 6) is -0.122. The quantitative estimate of drug-likeness (QED) is 0.889. The average molecular weight is 321 g/mol. The summed E-state index contributed by atoms with van der Waals surface area (Å²) in [6, 6.07) is 1.86. The largest absolute Gasteiger partial charge is 0.398 e. The first-order valence-electron chi connectivity index (χ1n) is 6.43. The molecule has 1 saturated heterocycles. The molecule has 0 bridgehead atoms. The van der Waals surface area contributed by atoms with Crippen LogP contribution in [0.3, 0.4) is 0 Å². The number of likely N-dealkylation sites (N-methyl/N-ethyl adjacent to an activating group) is 1. The molecule has 3 N–H and O–H groups in total. The van der Waals surface area contributed by atoms with Crippen molar-refractivity contribution in [2.24, 2.45) is 0 Å². The van der Waals surface area contributed by atoms with Crippen LogP contribution in [0.2, 0.25) is 0 Å². The lowest BCUT2D eigenvalue weighted by atomic mass is 10.1. The van der Waals surface area contributed by atoms with Crippen molar-refractivity contribution in [2.45, 2.75) is 25.8 Å². The van der Waals surface area contributed by atoms with E-state index >= 15 is 0 Å². The molecule has 0 aliphatic carbocycles. The van der Waals surface area contributed by atoms with Crippen LogP contribution in [0.1, 0.15) is 30.1 Å². The van der Waals surface area contributed by atoms with Crippen LogP contribution in [-0.2, 0) is 0 Å². The molecule has 0 spiro atoms. The molecule has 1 aromatic heterocycles. The standard InChI is InChI=1S/C13H20N4O.2ClH/c1-2-17-7-3-4-10(9-17)16-13(18)11-8-15-6-5-12(11)14;;/h5-6,8,10H,2-4,7,9H2,1H3,(H2,14,15)(H,16,18);2*1H. The summed E-state index contributed by atoms with van der Waals surface area (Å²) >= 11 is 0. The zero-order valence-corrected chi connectivity index (χ0v) is 13.2. The number of piperidine rings is 1. The number of nitrogens with two attached hydrogens (primary N) is 1. The van der Waals surface area contributed by atoms with Crippen LogP contribution >= 0.6 is 24.8 Å². The minimum absolute atomic E-state index is 0. The molecule has 1 atom stereocenters. The number of carbonyl (C=O) groups excluding carboxylic acids is 1. The average Bonchev–Trinajstić information content (AvgIpc) is 2.39. The summed E-state index contributed by atoms with van der Waals surface area (Å²) in [4.78, 5) is 18.4. The molecule has 1 aliphatic heterocycles. The maximum Gasteiger partial charge on any atom is 0.255 e. The van der Waals surface area contributed by atoms with Crippen molar-refractivity contribution >= 4 is 36.4 Å². The summed E-state index contributed by atoms with van der Waals surface area (Å²) in [7, 11) is 0. The van der Waals surface area contributed by atoms with E-state index in [1.807, 2.05) is 0 Å². The van der Waals surface area contributed by atoms with Gasteiger partial charge >= 0.3 is 0 Å². The molecule has 2 rings (SSSR count). The van der Waals surface area contributed by atoms with Gasteiger partial charge in [0, 0.05) is 30.7 Å². The van der Waals surface area contributed by atoms with E-state index in [-0.39, 0.29) is 36.8 Å². The van der Waals surface area contributed by atoms with Crippen LogP contribution < -0.4 is 11.1 Å². The van der Waals surface area contributed by atoms with Crippen LogP contribution in [0.4, 0.5) is 5.69 Å². The molecule has 0 aromatic carbocycles. The number of hydrogen-bond donors (Lipinski definition) is 2. The number of nitrogens with zero attached hydrogens (tertiary/aromatic N) is 2. The van der Waals surface area contributed by atoms with E-state index in [1.54, 1.807) is 12.3 Å². The lowest BCUT2D eigenvalue weighted by Gasteiger charge is -2.32. The van der Waals surface area contributed by atoms with Crippen molar-refractivity contribution < 1.29 is 4.79 Å². The van der Waals surface area contributed by atoms with E-state index in [0.717, 1.165) is 32.5 Å². The van der Waals surface area contributed by atoms with Gasteiger partial charge in [-0.25, -0.2) is 0 Å². The normalized spacial score (nSPS) is 18.6. The fourth-order valence-corrected chi connectivity index (χ4v) is 2.32. The topological polar surface area (TPSA) is 71.2 Å². The van der Waals surface area contributed by atoms with E-state index < -0.39 is 0 Å². The Labute approximate surface area is 132 Å². The second-order valence-electron chi connectivity index (χ2n) is 4.67.